The molecule has 0 amide bonds. The summed E-state index contributed by atoms with van der Waals surface area (Å²) in [6, 6.07) is 62.6. The van der Waals surface area contributed by atoms with Crippen molar-refractivity contribution in [2.24, 2.45) is 0 Å². The maximum Gasteiger partial charge on any atom is 0.166 e. The van der Waals surface area contributed by atoms with E-state index < -0.39 is 11.6 Å². The highest BCUT2D eigenvalue weighted by molar-refractivity contribution is 6.12. The standard InChI is InChI=1S/C51H32F2N4/c52-43-22-13-23-44(53)48(43)39-26-29-47(42(32-39)51-55-49(35-18-9-3-10-19-35)54-50(56-51)36-20-11-4-12-21-36)57-45-27-24-37(33-14-5-1-6-15-33)30-40(45)41-31-38(25-28-46(41)57)34-16-7-2-8-17-34/h1-32H. The van der Waals surface area contributed by atoms with Crippen LogP contribution in [0.4, 0.5) is 8.78 Å². The van der Waals surface area contributed by atoms with E-state index in [1.807, 2.05) is 103 Å². The van der Waals surface area contributed by atoms with Gasteiger partial charge in [0.05, 0.1) is 22.3 Å². The van der Waals surface area contributed by atoms with Gasteiger partial charge in [-0.1, -0.05) is 146 Å². The Kier molecular flexibility index (Phi) is 8.49. The number of hydrogen-bond donors (Lipinski definition) is 0. The van der Waals surface area contributed by atoms with E-state index in [2.05, 4.69) is 65.2 Å². The number of nitrogens with zero attached hydrogens (tertiary/aromatic N) is 4. The summed E-state index contributed by atoms with van der Waals surface area (Å²) < 4.78 is 33.2. The molecule has 0 aliphatic heterocycles. The van der Waals surface area contributed by atoms with Gasteiger partial charge in [0, 0.05) is 27.5 Å². The second-order valence-corrected chi connectivity index (χ2v) is 13.9. The molecule has 10 rings (SSSR count). The second kappa shape index (κ2) is 14.3. The molecule has 0 saturated heterocycles. The van der Waals surface area contributed by atoms with Gasteiger partial charge in [-0.05, 0) is 76.3 Å². The molecule has 0 aliphatic rings. The fraction of sp³-hybridized carbons (Fsp3) is 0. The van der Waals surface area contributed by atoms with Crippen molar-refractivity contribution in [2.75, 3.05) is 0 Å². The highest BCUT2D eigenvalue weighted by Crippen LogP contribution is 2.41. The first-order valence-electron chi connectivity index (χ1n) is 18.7. The van der Waals surface area contributed by atoms with Crippen LogP contribution in [0.15, 0.2) is 194 Å². The lowest BCUT2D eigenvalue weighted by atomic mass is 9.99. The fourth-order valence-corrected chi connectivity index (χ4v) is 7.67. The molecule has 0 aliphatic carbocycles. The van der Waals surface area contributed by atoms with E-state index in [0.717, 1.165) is 60.9 Å². The van der Waals surface area contributed by atoms with Gasteiger partial charge in [0.25, 0.3) is 0 Å². The number of rotatable bonds is 7. The molecule has 0 radical (unpaired) electrons. The SMILES string of the molecule is Fc1cccc(F)c1-c1ccc(-n2c3ccc(-c4ccccc4)cc3c3cc(-c4ccccc4)ccc32)c(-c2nc(-c3ccccc3)nc(-c3ccccc3)n2)c1. The van der Waals surface area contributed by atoms with Crippen molar-refractivity contribution >= 4 is 21.8 Å². The molecule has 2 aromatic heterocycles. The average Bonchev–Trinajstić information content (AvgIpc) is 3.60. The van der Waals surface area contributed by atoms with E-state index in [0.29, 0.717) is 28.6 Å². The van der Waals surface area contributed by atoms with E-state index in [1.54, 1.807) is 12.1 Å². The lowest BCUT2D eigenvalue weighted by Crippen LogP contribution is -2.04. The zero-order valence-corrected chi connectivity index (χ0v) is 30.5. The highest BCUT2D eigenvalue weighted by atomic mass is 19.1. The molecule has 0 atom stereocenters. The molecule has 0 bridgehead atoms. The summed E-state index contributed by atoms with van der Waals surface area (Å²) in [6.07, 6.45) is 0. The third kappa shape index (κ3) is 6.23. The highest BCUT2D eigenvalue weighted by Gasteiger charge is 2.22. The molecule has 57 heavy (non-hydrogen) atoms. The van der Waals surface area contributed by atoms with Crippen LogP contribution in [0.25, 0.3) is 95.0 Å². The third-order valence-corrected chi connectivity index (χ3v) is 10.4. The first-order valence-corrected chi connectivity index (χ1v) is 18.7. The van der Waals surface area contributed by atoms with E-state index in [1.165, 1.54) is 18.2 Å². The minimum Gasteiger partial charge on any atom is -0.308 e. The maximum absolute atomic E-state index is 15.5. The van der Waals surface area contributed by atoms with Crippen molar-refractivity contribution in [1.29, 1.82) is 0 Å². The molecule has 0 fully saturated rings. The van der Waals surface area contributed by atoms with Crippen LogP contribution in [0.2, 0.25) is 0 Å². The van der Waals surface area contributed by atoms with E-state index in [9.17, 15) is 0 Å². The van der Waals surface area contributed by atoms with Crippen LogP contribution in [-0.4, -0.2) is 19.5 Å². The van der Waals surface area contributed by atoms with Gasteiger partial charge in [-0.25, -0.2) is 23.7 Å². The predicted octanol–water partition coefficient (Wildman–Crippen LogP) is 13.2. The molecular formula is C51H32F2N4. The lowest BCUT2D eigenvalue weighted by molar-refractivity contribution is 0.589. The molecule has 270 valence electrons. The lowest BCUT2D eigenvalue weighted by Gasteiger charge is -2.17. The van der Waals surface area contributed by atoms with Crippen molar-refractivity contribution in [1.82, 2.24) is 19.5 Å². The van der Waals surface area contributed by atoms with Crippen LogP contribution in [0.3, 0.4) is 0 Å². The molecule has 8 aromatic carbocycles. The van der Waals surface area contributed by atoms with Crippen LogP contribution in [0.1, 0.15) is 0 Å². The Morgan fingerprint density at radius 2 is 0.754 bits per heavy atom. The summed E-state index contributed by atoms with van der Waals surface area (Å²) in [7, 11) is 0. The Morgan fingerprint density at radius 1 is 0.333 bits per heavy atom. The van der Waals surface area contributed by atoms with Gasteiger partial charge in [0.15, 0.2) is 17.5 Å². The summed E-state index contributed by atoms with van der Waals surface area (Å²) in [5, 5.41) is 2.12. The summed E-state index contributed by atoms with van der Waals surface area (Å²) in [5.41, 5.74) is 9.55. The summed E-state index contributed by atoms with van der Waals surface area (Å²) in [4.78, 5) is 15.1. The van der Waals surface area contributed by atoms with Crippen molar-refractivity contribution in [3.05, 3.63) is 206 Å². The van der Waals surface area contributed by atoms with Gasteiger partial charge in [-0.15, -0.1) is 0 Å². The normalized spacial score (nSPS) is 11.3. The Hall–Kier alpha value is -7.57. The number of hydrogen-bond acceptors (Lipinski definition) is 3. The molecule has 10 aromatic rings. The number of benzene rings is 8. The van der Waals surface area contributed by atoms with Gasteiger partial charge >= 0.3 is 0 Å². The van der Waals surface area contributed by atoms with Crippen LogP contribution < -0.4 is 0 Å². The van der Waals surface area contributed by atoms with Crippen molar-refractivity contribution < 1.29 is 8.78 Å². The minimum absolute atomic E-state index is 0.117. The zero-order valence-electron chi connectivity index (χ0n) is 30.5. The largest absolute Gasteiger partial charge is 0.308 e. The van der Waals surface area contributed by atoms with Crippen LogP contribution >= 0.6 is 0 Å². The quantitative estimate of drug-likeness (QED) is 0.164. The summed E-state index contributed by atoms with van der Waals surface area (Å²) >= 11 is 0. The Morgan fingerprint density at radius 3 is 1.23 bits per heavy atom. The first-order chi connectivity index (χ1) is 28.1. The molecule has 0 unspecified atom stereocenters. The van der Waals surface area contributed by atoms with Crippen molar-refractivity contribution in [3.63, 3.8) is 0 Å². The van der Waals surface area contributed by atoms with Gasteiger partial charge in [0.1, 0.15) is 11.6 Å². The predicted molar refractivity (Wildman–Crippen MR) is 227 cm³/mol. The van der Waals surface area contributed by atoms with E-state index >= 15 is 8.78 Å². The topological polar surface area (TPSA) is 43.6 Å². The second-order valence-electron chi connectivity index (χ2n) is 13.9. The van der Waals surface area contributed by atoms with Crippen molar-refractivity contribution in [3.8, 4) is 73.2 Å². The average molecular weight is 739 g/mol. The fourth-order valence-electron chi connectivity index (χ4n) is 7.67. The van der Waals surface area contributed by atoms with E-state index in [4.69, 9.17) is 15.0 Å². The van der Waals surface area contributed by atoms with Crippen LogP contribution in [-0.2, 0) is 0 Å². The molecule has 6 heteroatoms. The zero-order chi connectivity index (χ0) is 38.3. The molecule has 0 saturated carbocycles. The third-order valence-electron chi connectivity index (χ3n) is 10.4. The monoisotopic (exact) mass is 738 g/mol. The Balaban J connectivity index is 1.29. The minimum atomic E-state index is -0.655. The van der Waals surface area contributed by atoms with Crippen molar-refractivity contribution in [2.45, 2.75) is 0 Å². The molecule has 0 N–H and O–H groups in total. The Labute approximate surface area is 328 Å². The summed E-state index contributed by atoms with van der Waals surface area (Å²) in [6.45, 7) is 0. The molecule has 4 nitrogen and oxygen atoms in total. The van der Waals surface area contributed by atoms with Crippen LogP contribution in [0, 0.1) is 11.6 Å². The van der Waals surface area contributed by atoms with E-state index in [-0.39, 0.29) is 5.56 Å². The Bertz CT molecular complexity index is 2900. The maximum atomic E-state index is 15.5. The van der Waals surface area contributed by atoms with Gasteiger partial charge in [-0.2, -0.15) is 0 Å². The van der Waals surface area contributed by atoms with Gasteiger partial charge in [-0.3, -0.25) is 0 Å². The molecule has 2 heterocycles. The smallest absolute Gasteiger partial charge is 0.166 e. The molecule has 0 spiro atoms. The van der Waals surface area contributed by atoms with Crippen LogP contribution in [0.5, 0.6) is 0 Å². The number of aromatic nitrogens is 4. The molecular weight excluding hydrogens is 707 g/mol. The first kappa shape index (κ1) is 34.0. The van der Waals surface area contributed by atoms with Gasteiger partial charge in [0.2, 0.25) is 0 Å². The number of halogens is 2. The van der Waals surface area contributed by atoms with Gasteiger partial charge < -0.3 is 4.57 Å². The number of fused-ring (bicyclic) bond motifs is 3. The summed E-state index contributed by atoms with van der Waals surface area (Å²) in [5.74, 6) is 0.0226.